The number of thioether (sulfide) groups is 1. The molecule has 1 amide bonds. The molecule has 1 N–H and O–H groups in total. The van der Waals surface area contributed by atoms with Crippen molar-refractivity contribution < 1.29 is 13.2 Å². The Balaban J connectivity index is 2.02. The summed E-state index contributed by atoms with van der Waals surface area (Å²) in [4.78, 5) is 13.6. The fourth-order valence-corrected chi connectivity index (χ4v) is 4.96. The number of aryl methyl sites for hydroxylation is 2. The molecule has 0 aliphatic carbocycles. The normalized spacial score (nSPS) is 12.5. The maximum absolute atomic E-state index is 12.6. The summed E-state index contributed by atoms with van der Waals surface area (Å²) in [5.74, 6) is 0.337. The molecule has 2 aromatic rings. The van der Waals surface area contributed by atoms with Crippen LogP contribution in [0.1, 0.15) is 18.1 Å². The summed E-state index contributed by atoms with van der Waals surface area (Å²) in [6.07, 6.45) is 1.12. The van der Waals surface area contributed by atoms with E-state index in [9.17, 15) is 13.2 Å². The van der Waals surface area contributed by atoms with Crippen LogP contribution in [0, 0.1) is 13.8 Å². The second-order valence-electron chi connectivity index (χ2n) is 6.67. The van der Waals surface area contributed by atoms with E-state index in [1.165, 1.54) is 4.31 Å². The molecule has 5 nitrogen and oxygen atoms in total. The first kappa shape index (κ1) is 22.6. The van der Waals surface area contributed by atoms with Gasteiger partial charge in [0, 0.05) is 22.2 Å². The number of hydrogen-bond donors (Lipinski definition) is 1. The zero-order valence-corrected chi connectivity index (χ0v) is 18.8. The lowest BCUT2D eigenvalue weighted by Crippen LogP contribution is -2.48. The lowest BCUT2D eigenvalue weighted by molar-refractivity contribution is -0.121. The Bertz CT molecular complexity index is 911. The SMILES string of the molecule is Cc1cc(C)cc(N([C@@H](C)C(=O)NCCSc2ccc(Cl)cc2)S(C)(=O)=O)c1. The zero-order valence-electron chi connectivity index (χ0n) is 16.4. The van der Waals surface area contributed by atoms with Gasteiger partial charge in [-0.1, -0.05) is 17.7 Å². The summed E-state index contributed by atoms with van der Waals surface area (Å²) in [5, 5.41) is 3.50. The average molecular weight is 441 g/mol. The Labute approximate surface area is 176 Å². The van der Waals surface area contributed by atoms with Crippen LogP contribution in [-0.2, 0) is 14.8 Å². The highest BCUT2D eigenvalue weighted by Crippen LogP contribution is 2.24. The maximum Gasteiger partial charge on any atom is 0.243 e. The van der Waals surface area contributed by atoms with E-state index in [1.54, 1.807) is 30.8 Å². The molecule has 0 saturated carbocycles. The second kappa shape index (κ2) is 9.67. The van der Waals surface area contributed by atoms with Gasteiger partial charge in [-0.15, -0.1) is 11.8 Å². The molecule has 152 valence electrons. The minimum atomic E-state index is -3.62. The van der Waals surface area contributed by atoms with Crippen LogP contribution >= 0.6 is 23.4 Å². The van der Waals surface area contributed by atoms with Crippen molar-refractivity contribution in [3.05, 3.63) is 58.6 Å². The number of sulfonamides is 1. The van der Waals surface area contributed by atoms with Gasteiger partial charge >= 0.3 is 0 Å². The van der Waals surface area contributed by atoms with Gasteiger partial charge in [0.15, 0.2) is 0 Å². The number of halogens is 1. The first-order valence-electron chi connectivity index (χ1n) is 8.81. The lowest BCUT2D eigenvalue weighted by atomic mass is 10.1. The van der Waals surface area contributed by atoms with Crippen LogP contribution in [0.5, 0.6) is 0 Å². The summed E-state index contributed by atoms with van der Waals surface area (Å²) < 4.78 is 25.9. The van der Waals surface area contributed by atoms with Gasteiger partial charge in [0.2, 0.25) is 15.9 Å². The molecule has 0 aromatic heterocycles. The summed E-state index contributed by atoms with van der Waals surface area (Å²) in [7, 11) is -3.62. The van der Waals surface area contributed by atoms with Gasteiger partial charge in [0.25, 0.3) is 0 Å². The summed E-state index contributed by atoms with van der Waals surface area (Å²) in [6, 6.07) is 12.1. The van der Waals surface area contributed by atoms with Crippen molar-refractivity contribution in [2.24, 2.45) is 0 Å². The fourth-order valence-electron chi connectivity index (χ4n) is 2.91. The quantitative estimate of drug-likeness (QED) is 0.497. The molecule has 0 aliphatic heterocycles. The predicted molar refractivity (Wildman–Crippen MR) is 118 cm³/mol. The monoisotopic (exact) mass is 440 g/mol. The number of rotatable bonds is 8. The molecule has 0 fully saturated rings. The molecule has 2 rings (SSSR count). The van der Waals surface area contributed by atoms with E-state index in [4.69, 9.17) is 11.6 Å². The Hall–Kier alpha value is -1.70. The Morgan fingerprint density at radius 2 is 1.71 bits per heavy atom. The van der Waals surface area contributed by atoms with Crippen LogP contribution in [0.3, 0.4) is 0 Å². The number of anilines is 1. The first-order valence-corrected chi connectivity index (χ1v) is 12.0. The average Bonchev–Trinajstić information content (AvgIpc) is 2.58. The Morgan fingerprint density at radius 3 is 2.25 bits per heavy atom. The van der Waals surface area contributed by atoms with E-state index in [1.807, 2.05) is 44.2 Å². The standard InChI is InChI=1S/C20H25ClN2O3S2/c1-14-11-15(2)13-18(12-14)23(28(4,25)26)16(3)20(24)22-9-10-27-19-7-5-17(21)6-8-19/h5-8,11-13,16H,9-10H2,1-4H3,(H,22,24)/t16-/m0/s1. The second-order valence-corrected chi connectivity index (χ2v) is 10.1. The Kier molecular flexibility index (Phi) is 7.80. The number of amides is 1. The highest BCUT2D eigenvalue weighted by molar-refractivity contribution is 7.99. The Morgan fingerprint density at radius 1 is 1.14 bits per heavy atom. The molecule has 1 atom stereocenters. The number of nitrogens with zero attached hydrogens (tertiary/aromatic N) is 1. The van der Waals surface area contributed by atoms with Gasteiger partial charge in [0.1, 0.15) is 6.04 Å². The summed E-state index contributed by atoms with van der Waals surface area (Å²) >= 11 is 7.46. The molecule has 0 radical (unpaired) electrons. The predicted octanol–water partition coefficient (Wildman–Crippen LogP) is 4.02. The van der Waals surface area contributed by atoms with Gasteiger partial charge in [-0.25, -0.2) is 8.42 Å². The maximum atomic E-state index is 12.6. The van der Waals surface area contributed by atoms with Crippen LogP contribution in [0.25, 0.3) is 0 Å². The highest BCUT2D eigenvalue weighted by atomic mass is 35.5. The molecule has 8 heteroatoms. The topological polar surface area (TPSA) is 66.5 Å². The third-order valence-corrected chi connectivity index (χ3v) is 6.54. The van der Waals surface area contributed by atoms with Crippen LogP contribution in [0.15, 0.2) is 47.4 Å². The summed E-state index contributed by atoms with van der Waals surface area (Å²) in [5.41, 5.74) is 2.38. The van der Waals surface area contributed by atoms with Gasteiger partial charge in [-0.05, 0) is 68.3 Å². The first-order chi connectivity index (χ1) is 13.1. The van der Waals surface area contributed by atoms with Gasteiger partial charge in [0.05, 0.1) is 11.9 Å². The number of nitrogens with one attached hydrogen (secondary N) is 1. The molecule has 0 bridgehead atoms. The number of benzene rings is 2. The number of hydrogen-bond acceptors (Lipinski definition) is 4. The van der Waals surface area contributed by atoms with Crippen molar-refractivity contribution in [3.63, 3.8) is 0 Å². The van der Waals surface area contributed by atoms with Gasteiger partial charge in [-0.3, -0.25) is 9.10 Å². The van der Waals surface area contributed by atoms with E-state index in [-0.39, 0.29) is 5.91 Å². The smallest absolute Gasteiger partial charge is 0.243 e. The molecular formula is C20H25ClN2O3S2. The number of carbonyl (C=O) groups excluding carboxylic acids is 1. The molecule has 0 spiro atoms. The lowest BCUT2D eigenvalue weighted by Gasteiger charge is -2.28. The van der Waals surface area contributed by atoms with Crippen LogP contribution in [0.2, 0.25) is 5.02 Å². The van der Waals surface area contributed by atoms with E-state index >= 15 is 0 Å². The van der Waals surface area contributed by atoms with Crippen molar-refractivity contribution in [1.82, 2.24) is 5.32 Å². The van der Waals surface area contributed by atoms with Crippen molar-refractivity contribution >= 4 is 45.0 Å². The number of carbonyl (C=O) groups is 1. The molecule has 0 heterocycles. The molecule has 0 saturated heterocycles. The molecule has 0 unspecified atom stereocenters. The third kappa shape index (κ3) is 6.43. The summed E-state index contributed by atoms with van der Waals surface area (Å²) in [6.45, 7) is 5.83. The largest absolute Gasteiger partial charge is 0.353 e. The van der Waals surface area contributed by atoms with Crippen LogP contribution in [-0.4, -0.2) is 38.9 Å². The van der Waals surface area contributed by atoms with Gasteiger partial charge in [-0.2, -0.15) is 0 Å². The van der Waals surface area contributed by atoms with Crippen LogP contribution < -0.4 is 9.62 Å². The zero-order chi connectivity index (χ0) is 20.9. The van der Waals surface area contributed by atoms with E-state index in [0.717, 1.165) is 22.3 Å². The minimum absolute atomic E-state index is 0.332. The molecular weight excluding hydrogens is 416 g/mol. The minimum Gasteiger partial charge on any atom is -0.353 e. The fraction of sp³-hybridized carbons (Fsp3) is 0.350. The molecule has 2 aromatic carbocycles. The van der Waals surface area contributed by atoms with Crippen LogP contribution in [0.4, 0.5) is 5.69 Å². The van der Waals surface area contributed by atoms with Crippen molar-refractivity contribution in [1.29, 1.82) is 0 Å². The van der Waals surface area contributed by atoms with E-state index in [0.29, 0.717) is 23.0 Å². The molecule has 28 heavy (non-hydrogen) atoms. The molecule has 0 aliphatic rings. The van der Waals surface area contributed by atoms with Crippen molar-refractivity contribution in [3.8, 4) is 0 Å². The third-order valence-electron chi connectivity index (χ3n) is 4.03. The van der Waals surface area contributed by atoms with Crippen molar-refractivity contribution in [2.45, 2.75) is 31.7 Å². The van der Waals surface area contributed by atoms with E-state index < -0.39 is 16.1 Å². The van der Waals surface area contributed by atoms with E-state index in [2.05, 4.69) is 5.32 Å². The van der Waals surface area contributed by atoms with Gasteiger partial charge < -0.3 is 5.32 Å². The highest BCUT2D eigenvalue weighted by Gasteiger charge is 2.29. The van der Waals surface area contributed by atoms with Crippen molar-refractivity contribution in [2.75, 3.05) is 22.9 Å².